The van der Waals surface area contributed by atoms with Crippen molar-refractivity contribution in [2.45, 2.75) is 38.4 Å². The largest absolute Gasteiger partial charge is 0.460 e. The van der Waals surface area contributed by atoms with Crippen LogP contribution in [-0.2, 0) is 11.3 Å². The van der Waals surface area contributed by atoms with Crippen molar-refractivity contribution in [3.8, 4) is 0 Å². The maximum absolute atomic E-state index is 15.0. The highest BCUT2D eigenvalue weighted by atomic mass is 19.4. The van der Waals surface area contributed by atoms with Gasteiger partial charge in [0, 0.05) is 28.7 Å². The van der Waals surface area contributed by atoms with Crippen molar-refractivity contribution in [2.75, 3.05) is 5.01 Å². The Kier molecular flexibility index (Phi) is 6.29. The standard InChI is InChI=1S/C26H20F7N3O/c1-4-12-35-16(3)18(19-13-15(2)10-11-21(19)35)14-20-22(24(27,28)25(29,30)26(31,32)33)34-36(23(20)37)17-8-6-5-7-9-17/h4-11,13-14H,1,12H2,2-3H3/b20-14+. The molecule has 1 aromatic heterocycles. The van der Waals surface area contributed by atoms with Crippen LogP contribution in [0.25, 0.3) is 17.0 Å². The monoisotopic (exact) mass is 523 g/mol. The summed E-state index contributed by atoms with van der Waals surface area (Å²) in [6, 6.07) is 12.2. The molecular formula is C26H20F7N3O. The molecule has 3 aromatic rings. The van der Waals surface area contributed by atoms with Gasteiger partial charge in [-0.15, -0.1) is 6.58 Å². The maximum Gasteiger partial charge on any atom is 0.460 e. The Morgan fingerprint density at radius 2 is 1.62 bits per heavy atom. The van der Waals surface area contributed by atoms with Gasteiger partial charge in [0.05, 0.1) is 11.3 Å². The molecule has 0 radical (unpaired) electrons. The Labute approximate surface area is 207 Å². The predicted octanol–water partition coefficient (Wildman–Crippen LogP) is 7.06. The second-order valence-corrected chi connectivity index (χ2v) is 8.52. The van der Waals surface area contributed by atoms with E-state index in [0.29, 0.717) is 28.2 Å². The number of allylic oxidation sites excluding steroid dienone is 1. The zero-order valence-electron chi connectivity index (χ0n) is 19.6. The number of halogens is 7. The minimum Gasteiger partial charge on any atom is -0.340 e. The van der Waals surface area contributed by atoms with Crippen molar-refractivity contribution in [3.63, 3.8) is 0 Å². The van der Waals surface area contributed by atoms with Gasteiger partial charge >= 0.3 is 18.0 Å². The average Bonchev–Trinajstić information content (AvgIpc) is 3.29. The highest BCUT2D eigenvalue weighted by molar-refractivity contribution is 6.35. The number of hydrazone groups is 1. The molecule has 2 aromatic carbocycles. The minimum absolute atomic E-state index is 0.0822. The maximum atomic E-state index is 15.0. The van der Waals surface area contributed by atoms with Gasteiger partial charge in [-0.25, -0.2) is 0 Å². The lowest BCUT2D eigenvalue weighted by Gasteiger charge is -2.27. The number of hydrogen-bond donors (Lipinski definition) is 0. The Morgan fingerprint density at radius 3 is 2.22 bits per heavy atom. The van der Waals surface area contributed by atoms with E-state index in [-0.39, 0.29) is 11.3 Å². The third-order valence-corrected chi connectivity index (χ3v) is 6.05. The SMILES string of the molecule is C=CCn1c(C)c(/C=C2/C(=O)N(c3ccccc3)N=C2C(F)(F)C(F)(F)C(F)(F)F)c2cc(C)ccc21. The molecule has 0 aliphatic carbocycles. The molecule has 0 saturated carbocycles. The number of nitrogens with zero attached hydrogens (tertiary/aromatic N) is 3. The second-order valence-electron chi connectivity index (χ2n) is 8.52. The van der Waals surface area contributed by atoms with Gasteiger partial charge in [-0.3, -0.25) is 4.79 Å². The predicted molar refractivity (Wildman–Crippen MR) is 127 cm³/mol. The summed E-state index contributed by atoms with van der Waals surface area (Å²) in [7, 11) is 0. The zero-order valence-corrected chi connectivity index (χ0v) is 19.6. The first kappa shape index (κ1) is 26.2. The number of carbonyl (C=O) groups excluding carboxylic acids is 1. The van der Waals surface area contributed by atoms with Crippen molar-refractivity contribution in [1.29, 1.82) is 0 Å². The molecule has 0 fully saturated rings. The number of rotatable bonds is 6. The number of aromatic nitrogens is 1. The van der Waals surface area contributed by atoms with Crippen LogP contribution in [0.3, 0.4) is 0 Å². The molecule has 1 aliphatic rings. The van der Waals surface area contributed by atoms with E-state index in [1.807, 2.05) is 0 Å². The molecular weight excluding hydrogens is 503 g/mol. The van der Waals surface area contributed by atoms with Crippen LogP contribution in [0.15, 0.2) is 71.9 Å². The van der Waals surface area contributed by atoms with Crippen molar-refractivity contribution >= 4 is 34.3 Å². The highest BCUT2D eigenvalue weighted by Crippen LogP contribution is 2.49. The van der Waals surface area contributed by atoms with Gasteiger partial charge in [-0.1, -0.05) is 35.9 Å². The number of hydrogen-bond acceptors (Lipinski definition) is 2. The van der Waals surface area contributed by atoms with E-state index in [0.717, 1.165) is 11.6 Å². The molecule has 0 N–H and O–H groups in total. The smallest absolute Gasteiger partial charge is 0.340 e. The summed E-state index contributed by atoms with van der Waals surface area (Å²) in [4.78, 5) is 13.3. The molecule has 1 aliphatic heterocycles. The summed E-state index contributed by atoms with van der Waals surface area (Å²) in [6.07, 6.45) is -4.12. The van der Waals surface area contributed by atoms with Crippen LogP contribution in [-0.4, -0.2) is 34.2 Å². The molecule has 0 unspecified atom stereocenters. The first-order chi connectivity index (χ1) is 17.2. The third-order valence-electron chi connectivity index (χ3n) is 6.05. The van der Waals surface area contributed by atoms with Crippen LogP contribution < -0.4 is 5.01 Å². The topological polar surface area (TPSA) is 37.6 Å². The van der Waals surface area contributed by atoms with Crippen LogP contribution >= 0.6 is 0 Å². The molecule has 37 heavy (non-hydrogen) atoms. The van der Waals surface area contributed by atoms with Gasteiger partial charge in [0.2, 0.25) is 0 Å². The Hall–Kier alpha value is -3.89. The van der Waals surface area contributed by atoms with Crippen LogP contribution in [0.1, 0.15) is 16.8 Å². The number of fused-ring (bicyclic) bond motifs is 1. The molecule has 1 amide bonds. The van der Waals surface area contributed by atoms with Gasteiger partial charge in [0.1, 0.15) is 0 Å². The molecule has 194 valence electrons. The number of benzene rings is 2. The summed E-state index contributed by atoms with van der Waals surface area (Å²) < 4.78 is 99.0. The second kappa shape index (κ2) is 8.89. The van der Waals surface area contributed by atoms with E-state index in [4.69, 9.17) is 0 Å². The van der Waals surface area contributed by atoms with Crippen molar-refractivity contribution in [1.82, 2.24) is 4.57 Å². The summed E-state index contributed by atoms with van der Waals surface area (Å²) in [5.41, 5.74) is -1.05. The van der Waals surface area contributed by atoms with Gasteiger partial charge < -0.3 is 4.57 Å². The fourth-order valence-corrected chi connectivity index (χ4v) is 4.16. The lowest BCUT2D eigenvalue weighted by molar-refractivity contribution is -0.336. The Bertz CT molecular complexity index is 1450. The van der Waals surface area contributed by atoms with E-state index < -0.39 is 35.2 Å². The third kappa shape index (κ3) is 4.11. The molecule has 11 heteroatoms. The Balaban J connectivity index is 2.00. The molecule has 0 bridgehead atoms. The van der Waals surface area contributed by atoms with Gasteiger partial charge in [0.25, 0.3) is 5.91 Å². The lowest BCUT2D eigenvalue weighted by Crippen LogP contribution is -2.56. The summed E-state index contributed by atoms with van der Waals surface area (Å²) in [5.74, 6) is -13.6. The average molecular weight is 523 g/mol. The first-order valence-corrected chi connectivity index (χ1v) is 11.0. The van der Waals surface area contributed by atoms with Crippen molar-refractivity contribution < 1.29 is 35.5 Å². The summed E-state index contributed by atoms with van der Waals surface area (Å²) in [6.45, 7) is 7.35. The molecule has 4 rings (SSSR count). The quantitative estimate of drug-likeness (QED) is 0.194. The molecule has 0 spiro atoms. The van der Waals surface area contributed by atoms with Gasteiger partial charge in [-0.2, -0.15) is 40.8 Å². The van der Waals surface area contributed by atoms with E-state index >= 15 is 0 Å². The fourth-order valence-electron chi connectivity index (χ4n) is 4.16. The van der Waals surface area contributed by atoms with Crippen LogP contribution in [0.2, 0.25) is 0 Å². The van der Waals surface area contributed by atoms with Crippen LogP contribution in [0, 0.1) is 13.8 Å². The molecule has 2 heterocycles. The number of aryl methyl sites for hydroxylation is 1. The number of anilines is 1. The van der Waals surface area contributed by atoms with E-state index in [9.17, 15) is 35.5 Å². The summed E-state index contributed by atoms with van der Waals surface area (Å²) >= 11 is 0. The van der Waals surface area contributed by atoms with Gasteiger partial charge in [0.15, 0.2) is 5.71 Å². The minimum atomic E-state index is -6.60. The zero-order chi connectivity index (χ0) is 27.3. The lowest BCUT2D eigenvalue weighted by atomic mass is 9.96. The molecule has 0 atom stereocenters. The number of para-hydroxylation sites is 1. The summed E-state index contributed by atoms with van der Waals surface area (Å²) in [5, 5.41) is 4.20. The van der Waals surface area contributed by atoms with E-state index in [1.54, 1.807) is 42.7 Å². The van der Waals surface area contributed by atoms with Crippen molar-refractivity contribution in [2.24, 2.45) is 5.10 Å². The Morgan fingerprint density at radius 1 is 0.973 bits per heavy atom. The van der Waals surface area contributed by atoms with Gasteiger partial charge in [-0.05, 0) is 44.2 Å². The van der Waals surface area contributed by atoms with Crippen LogP contribution in [0.5, 0.6) is 0 Å². The molecule has 4 nitrogen and oxygen atoms in total. The number of amides is 1. The normalized spacial score (nSPS) is 16.1. The van der Waals surface area contributed by atoms with E-state index in [2.05, 4.69) is 11.7 Å². The number of carbonyl (C=O) groups is 1. The highest BCUT2D eigenvalue weighted by Gasteiger charge is 2.76. The fraction of sp³-hybridized carbons (Fsp3) is 0.231. The molecule has 0 saturated heterocycles. The van der Waals surface area contributed by atoms with E-state index in [1.165, 1.54) is 30.3 Å². The number of alkyl halides is 7. The van der Waals surface area contributed by atoms with Crippen molar-refractivity contribution in [3.05, 3.63) is 83.6 Å². The first-order valence-electron chi connectivity index (χ1n) is 11.0. The van der Waals surface area contributed by atoms with Crippen LogP contribution in [0.4, 0.5) is 36.4 Å².